The van der Waals surface area contributed by atoms with Crippen molar-refractivity contribution < 1.29 is 23.8 Å². The summed E-state index contributed by atoms with van der Waals surface area (Å²) in [5, 5.41) is 0.271. The third-order valence-corrected chi connectivity index (χ3v) is 6.77. The SMILES string of the molecule is C=CCc1cc(/C=C2\SC(=O)N(CCOc3ccc(Cl)cc3)C2=O)cc(OCC)c1OCc1ccccc1. The fourth-order valence-corrected chi connectivity index (χ4v) is 4.85. The van der Waals surface area contributed by atoms with Gasteiger partial charge in [0.15, 0.2) is 11.5 Å². The van der Waals surface area contributed by atoms with Crippen molar-refractivity contribution in [1.82, 2.24) is 4.90 Å². The van der Waals surface area contributed by atoms with Crippen molar-refractivity contribution in [2.75, 3.05) is 19.8 Å². The molecule has 0 bridgehead atoms. The van der Waals surface area contributed by atoms with Gasteiger partial charge in [-0.05, 0) is 78.7 Å². The molecule has 1 saturated heterocycles. The van der Waals surface area contributed by atoms with Gasteiger partial charge < -0.3 is 14.2 Å². The highest BCUT2D eigenvalue weighted by atomic mass is 35.5. The fraction of sp³-hybridized carbons (Fsp3) is 0.200. The standard InChI is InChI=1S/C30H28ClNO5S/c1-3-8-23-17-22(18-26(35-4-2)28(23)37-20-21-9-6-5-7-10-21)19-27-29(33)32(30(34)38-27)15-16-36-25-13-11-24(31)12-14-25/h3,5-7,9-14,17-19H,1,4,8,15-16,20H2,2H3/b27-19-. The van der Waals surface area contributed by atoms with E-state index in [-0.39, 0.29) is 24.3 Å². The van der Waals surface area contributed by atoms with Gasteiger partial charge >= 0.3 is 0 Å². The smallest absolute Gasteiger partial charge is 0.293 e. The topological polar surface area (TPSA) is 65.1 Å². The average Bonchev–Trinajstić information content (AvgIpc) is 3.17. The molecule has 8 heteroatoms. The van der Waals surface area contributed by atoms with E-state index in [0.29, 0.717) is 46.8 Å². The van der Waals surface area contributed by atoms with E-state index in [1.54, 1.807) is 36.4 Å². The number of hydrogen-bond donors (Lipinski definition) is 0. The Bertz CT molecular complexity index is 1320. The van der Waals surface area contributed by atoms with E-state index >= 15 is 0 Å². The molecule has 1 fully saturated rings. The van der Waals surface area contributed by atoms with Crippen LogP contribution in [0.25, 0.3) is 6.08 Å². The van der Waals surface area contributed by atoms with Crippen LogP contribution < -0.4 is 14.2 Å². The van der Waals surface area contributed by atoms with Crippen molar-refractivity contribution in [3.8, 4) is 17.2 Å². The van der Waals surface area contributed by atoms with Crippen LogP contribution >= 0.6 is 23.4 Å². The summed E-state index contributed by atoms with van der Waals surface area (Å²) in [7, 11) is 0. The van der Waals surface area contributed by atoms with E-state index in [0.717, 1.165) is 28.5 Å². The number of amides is 2. The molecule has 196 valence electrons. The average molecular weight is 550 g/mol. The first-order chi connectivity index (χ1) is 18.5. The van der Waals surface area contributed by atoms with Crippen molar-refractivity contribution in [2.24, 2.45) is 0 Å². The Morgan fingerprint density at radius 1 is 1.00 bits per heavy atom. The minimum Gasteiger partial charge on any atom is -0.492 e. The Balaban J connectivity index is 1.51. The van der Waals surface area contributed by atoms with Crippen LogP contribution in [0.5, 0.6) is 17.2 Å². The van der Waals surface area contributed by atoms with Crippen LogP contribution in [0.3, 0.4) is 0 Å². The van der Waals surface area contributed by atoms with Crippen molar-refractivity contribution in [2.45, 2.75) is 20.0 Å². The molecule has 0 aromatic heterocycles. The molecule has 0 aliphatic carbocycles. The summed E-state index contributed by atoms with van der Waals surface area (Å²) < 4.78 is 17.7. The number of carbonyl (C=O) groups is 2. The summed E-state index contributed by atoms with van der Waals surface area (Å²) in [6.45, 7) is 6.93. The van der Waals surface area contributed by atoms with Gasteiger partial charge in [-0.3, -0.25) is 14.5 Å². The zero-order valence-corrected chi connectivity index (χ0v) is 22.6. The van der Waals surface area contributed by atoms with Gasteiger partial charge in [-0.15, -0.1) is 6.58 Å². The lowest BCUT2D eigenvalue weighted by Crippen LogP contribution is -2.32. The number of benzene rings is 3. The predicted molar refractivity (Wildman–Crippen MR) is 152 cm³/mol. The predicted octanol–water partition coefficient (Wildman–Crippen LogP) is 7.16. The lowest BCUT2D eigenvalue weighted by molar-refractivity contribution is -0.123. The maximum atomic E-state index is 13.0. The molecule has 1 aliphatic rings. The first kappa shape index (κ1) is 27.4. The maximum absolute atomic E-state index is 13.0. The number of rotatable bonds is 12. The lowest BCUT2D eigenvalue weighted by Gasteiger charge is -2.17. The Morgan fingerprint density at radius 3 is 2.47 bits per heavy atom. The van der Waals surface area contributed by atoms with Crippen LogP contribution in [0.1, 0.15) is 23.6 Å². The number of carbonyl (C=O) groups excluding carboxylic acids is 2. The molecule has 38 heavy (non-hydrogen) atoms. The van der Waals surface area contributed by atoms with E-state index < -0.39 is 0 Å². The second-order valence-corrected chi connectivity index (χ2v) is 9.77. The third-order valence-electron chi connectivity index (χ3n) is 5.61. The minimum atomic E-state index is -0.354. The Morgan fingerprint density at radius 2 is 1.76 bits per heavy atom. The normalized spacial score (nSPS) is 14.2. The van der Waals surface area contributed by atoms with Gasteiger partial charge in [0.2, 0.25) is 0 Å². The fourth-order valence-electron chi connectivity index (χ4n) is 3.86. The summed E-state index contributed by atoms with van der Waals surface area (Å²) >= 11 is 6.80. The Kier molecular flexibility index (Phi) is 9.51. The van der Waals surface area contributed by atoms with E-state index in [2.05, 4.69) is 6.58 Å². The summed E-state index contributed by atoms with van der Waals surface area (Å²) in [5.41, 5.74) is 2.65. The summed E-state index contributed by atoms with van der Waals surface area (Å²) in [6.07, 6.45) is 4.05. The number of halogens is 1. The zero-order valence-electron chi connectivity index (χ0n) is 21.0. The highest BCUT2D eigenvalue weighted by Gasteiger charge is 2.35. The number of nitrogens with zero attached hydrogens (tertiary/aromatic N) is 1. The molecule has 3 aromatic rings. The van der Waals surface area contributed by atoms with Crippen LogP contribution in [-0.2, 0) is 17.8 Å². The number of allylic oxidation sites excluding steroid dienone is 1. The number of thioether (sulfide) groups is 1. The minimum absolute atomic E-state index is 0.142. The van der Waals surface area contributed by atoms with Crippen LogP contribution in [0.15, 0.2) is 84.3 Å². The molecular formula is C30H28ClNO5S. The molecule has 1 heterocycles. The van der Waals surface area contributed by atoms with E-state index in [9.17, 15) is 9.59 Å². The molecule has 6 nitrogen and oxygen atoms in total. The summed E-state index contributed by atoms with van der Waals surface area (Å²) in [5.74, 6) is 1.47. The van der Waals surface area contributed by atoms with Crippen molar-refractivity contribution in [3.63, 3.8) is 0 Å². The van der Waals surface area contributed by atoms with Gasteiger partial charge in [0.05, 0.1) is 18.1 Å². The first-order valence-corrected chi connectivity index (χ1v) is 13.4. The molecule has 1 aliphatic heterocycles. The quantitative estimate of drug-likeness (QED) is 0.176. The van der Waals surface area contributed by atoms with Gasteiger partial charge in [0.25, 0.3) is 11.1 Å². The highest BCUT2D eigenvalue weighted by molar-refractivity contribution is 8.18. The van der Waals surface area contributed by atoms with Crippen LogP contribution in [0, 0.1) is 0 Å². The molecule has 4 rings (SSSR count). The lowest BCUT2D eigenvalue weighted by atomic mass is 10.0. The summed E-state index contributed by atoms with van der Waals surface area (Å²) in [4.78, 5) is 27.1. The molecular weight excluding hydrogens is 522 g/mol. The first-order valence-electron chi connectivity index (χ1n) is 12.2. The maximum Gasteiger partial charge on any atom is 0.293 e. The Labute approximate surface area is 231 Å². The monoisotopic (exact) mass is 549 g/mol. The highest BCUT2D eigenvalue weighted by Crippen LogP contribution is 2.37. The van der Waals surface area contributed by atoms with Gasteiger partial charge in [0, 0.05) is 10.6 Å². The molecule has 0 N–H and O–H groups in total. The van der Waals surface area contributed by atoms with Gasteiger partial charge in [-0.2, -0.15) is 0 Å². The van der Waals surface area contributed by atoms with Crippen LogP contribution in [0.2, 0.25) is 5.02 Å². The van der Waals surface area contributed by atoms with E-state index in [4.69, 9.17) is 25.8 Å². The molecule has 0 radical (unpaired) electrons. The number of imide groups is 1. The molecule has 2 amide bonds. The molecule has 0 atom stereocenters. The molecule has 0 spiro atoms. The van der Waals surface area contributed by atoms with Crippen LogP contribution in [0.4, 0.5) is 4.79 Å². The molecule has 0 unspecified atom stereocenters. The zero-order chi connectivity index (χ0) is 26.9. The van der Waals surface area contributed by atoms with Gasteiger partial charge in [0.1, 0.15) is 19.0 Å². The van der Waals surface area contributed by atoms with Gasteiger partial charge in [-0.1, -0.05) is 48.0 Å². The third kappa shape index (κ3) is 7.00. The van der Waals surface area contributed by atoms with Crippen LogP contribution in [-0.4, -0.2) is 35.8 Å². The van der Waals surface area contributed by atoms with Crippen molar-refractivity contribution >= 4 is 40.6 Å². The second kappa shape index (κ2) is 13.2. The Hall–Kier alpha value is -3.68. The number of ether oxygens (including phenoxy) is 3. The second-order valence-electron chi connectivity index (χ2n) is 8.34. The van der Waals surface area contributed by atoms with Crippen molar-refractivity contribution in [1.29, 1.82) is 0 Å². The summed E-state index contributed by atoms with van der Waals surface area (Å²) in [6, 6.07) is 20.6. The van der Waals surface area contributed by atoms with Crippen molar-refractivity contribution in [3.05, 3.63) is 106 Å². The molecule has 0 saturated carbocycles. The van der Waals surface area contributed by atoms with E-state index in [1.807, 2.05) is 49.4 Å². The molecule has 3 aromatic carbocycles. The van der Waals surface area contributed by atoms with Gasteiger partial charge in [-0.25, -0.2) is 0 Å². The largest absolute Gasteiger partial charge is 0.492 e. The number of hydrogen-bond acceptors (Lipinski definition) is 6. The van der Waals surface area contributed by atoms with E-state index in [1.165, 1.54) is 4.90 Å².